The number of amides is 1. The molecular weight excluding hydrogens is 344 g/mol. The zero-order valence-electron chi connectivity index (χ0n) is 17.4. The molecule has 0 aliphatic carbocycles. The summed E-state index contributed by atoms with van der Waals surface area (Å²) in [6.45, 7) is 11.0. The summed E-state index contributed by atoms with van der Waals surface area (Å²) in [6.07, 6.45) is 5.30. The van der Waals surface area contributed by atoms with Crippen LogP contribution in [0.15, 0.2) is 4.99 Å². The van der Waals surface area contributed by atoms with Crippen molar-refractivity contribution in [3.8, 4) is 0 Å². The fraction of sp³-hybridized carbons (Fsp3) is 0.900. The molecule has 154 valence electrons. The van der Waals surface area contributed by atoms with Gasteiger partial charge in [-0.1, -0.05) is 0 Å². The first kappa shape index (κ1) is 20.2. The van der Waals surface area contributed by atoms with Crippen LogP contribution in [0.5, 0.6) is 0 Å². The minimum Gasteiger partial charge on any atom is -0.444 e. The Morgan fingerprint density at radius 3 is 2.78 bits per heavy atom. The Morgan fingerprint density at radius 2 is 2.11 bits per heavy atom. The van der Waals surface area contributed by atoms with Crippen molar-refractivity contribution in [2.45, 2.75) is 64.5 Å². The third kappa shape index (κ3) is 5.06. The first-order chi connectivity index (χ1) is 12.8. The summed E-state index contributed by atoms with van der Waals surface area (Å²) >= 11 is 0. The molecule has 0 saturated carbocycles. The number of nitrogens with one attached hydrogen (secondary N) is 1. The van der Waals surface area contributed by atoms with Crippen LogP contribution in [0.2, 0.25) is 0 Å². The molecule has 0 aromatic carbocycles. The van der Waals surface area contributed by atoms with E-state index in [-0.39, 0.29) is 12.1 Å². The lowest BCUT2D eigenvalue weighted by Crippen LogP contribution is -2.52. The lowest BCUT2D eigenvalue weighted by atomic mass is 9.87. The van der Waals surface area contributed by atoms with Crippen LogP contribution in [0.4, 0.5) is 4.79 Å². The molecule has 2 unspecified atom stereocenters. The lowest BCUT2D eigenvalue weighted by molar-refractivity contribution is 0.0104. The van der Waals surface area contributed by atoms with Crippen molar-refractivity contribution in [1.82, 2.24) is 15.1 Å². The summed E-state index contributed by atoms with van der Waals surface area (Å²) in [5, 5.41) is 3.52. The topological polar surface area (TPSA) is 66.4 Å². The number of guanidine groups is 1. The molecule has 3 fully saturated rings. The molecule has 0 aromatic rings. The van der Waals surface area contributed by atoms with Crippen molar-refractivity contribution < 1.29 is 14.3 Å². The monoisotopic (exact) mass is 380 g/mol. The van der Waals surface area contributed by atoms with Crippen LogP contribution in [-0.4, -0.2) is 79.9 Å². The molecule has 27 heavy (non-hydrogen) atoms. The molecule has 7 heteroatoms. The maximum absolute atomic E-state index is 12.6. The van der Waals surface area contributed by atoms with Gasteiger partial charge >= 0.3 is 6.09 Å². The first-order valence-corrected chi connectivity index (χ1v) is 10.3. The molecule has 3 heterocycles. The highest BCUT2D eigenvalue weighted by atomic mass is 16.6. The Morgan fingerprint density at radius 1 is 1.30 bits per heavy atom. The predicted molar refractivity (Wildman–Crippen MR) is 106 cm³/mol. The van der Waals surface area contributed by atoms with Gasteiger partial charge in [-0.15, -0.1) is 0 Å². The van der Waals surface area contributed by atoms with Crippen LogP contribution in [-0.2, 0) is 9.47 Å². The number of likely N-dealkylation sites (tertiary alicyclic amines) is 2. The van der Waals surface area contributed by atoms with E-state index in [0.29, 0.717) is 12.0 Å². The Hall–Kier alpha value is -1.50. The van der Waals surface area contributed by atoms with Gasteiger partial charge in [0.2, 0.25) is 0 Å². The second kappa shape index (κ2) is 8.25. The molecular formula is C20H36N4O3. The third-order valence-electron chi connectivity index (χ3n) is 5.89. The number of ether oxygens (including phenoxy) is 2. The number of aliphatic imine (C=N–C) groups is 1. The predicted octanol–water partition coefficient (Wildman–Crippen LogP) is 2.46. The van der Waals surface area contributed by atoms with Crippen LogP contribution < -0.4 is 5.32 Å². The second-order valence-electron chi connectivity index (χ2n) is 9.23. The number of carbonyl (C=O) groups is 1. The molecule has 1 spiro atoms. The van der Waals surface area contributed by atoms with E-state index in [9.17, 15) is 4.79 Å². The SMILES string of the molecule is CN=C(NCC1CCCCN1C(=O)OC(C)(C)C)N1CCC2(CCOC2)C1. The maximum atomic E-state index is 12.6. The van der Waals surface area contributed by atoms with E-state index in [1.807, 2.05) is 32.7 Å². The highest BCUT2D eigenvalue weighted by Gasteiger charge is 2.42. The quantitative estimate of drug-likeness (QED) is 0.589. The van der Waals surface area contributed by atoms with Crippen LogP contribution in [0, 0.1) is 5.41 Å². The van der Waals surface area contributed by atoms with E-state index in [2.05, 4.69) is 15.2 Å². The van der Waals surface area contributed by atoms with Crippen molar-refractivity contribution >= 4 is 12.1 Å². The zero-order valence-corrected chi connectivity index (χ0v) is 17.4. The molecule has 3 saturated heterocycles. The van der Waals surface area contributed by atoms with E-state index in [1.165, 1.54) is 6.42 Å². The first-order valence-electron chi connectivity index (χ1n) is 10.3. The number of carbonyl (C=O) groups excluding carboxylic acids is 1. The van der Waals surface area contributed by atoms with Gasteiger partial charge in [0.1, 0.15) is 5.60 Å². The number of nitrogens with zero attached hydrogens (tertiary/aromatic N) is 3. The Balaban J connectivity index is 1.55. The van der Waals surface area contributed by atoms with Crippen molar-refractivity contribution in [2.75, 3.05) is 46.4 Å². The van der Waals surface area contributed by atoms with Crippen molar-refractivity contribution in [1.29, 1.82) is 0 Å². The van der Waals surface area contributed by atoms with Crippen LogP contribution in [0.3, 0.4) is 0 Å². The Kier molecular flexibility index (Phi) is 6.18. The normalized spacial score (nSPS) is 29.5. The van der Waals surface area contributed by atoms with Crippen molar-refractivity contribution in [2.24, 2.45) is 10.4 Å². The fourth-order valence-corrected chi connectivity index (χ4v) is 4.40. The lowest BCUT2D eigenvalue weighted by Gasteiger charge is -2.37. The zero-order chi connectivity index (χ0) is 19.5. The van der Waals surface area contributed by atoms with E-state index >= 15 is 0 Å². The number of piperidine rings is 1. The summed E-state index contributed by atoms with van der Waals surface area (Å²) < 4.78 is 11.2. The van der Waals surface area contributed by atoms with Gasteiger partial charge in [0.15, 0.2) is 5.96 Å². The molecule has 2 atom stereocenters. The summed E-state index contributed by atoms with van der Waals surface area (Å²) in [7, 11) is 1.84. The van der Waals surface area contributed by atoms with Crippen LogP contribution >= 0.6 is 0 Å². The summed E-state index contributed by atoms with van der Waals surface area (Å²) in [6, 6.07) is 0.150. The van der Waals surface area contributed by atoms with Gasteiger partial charge in [-0.25, -0.2) is 4.79 Å². The summed E-state index contributed by atoms with van der Waals surface area (Å²) in [5.41, 5.74) is -0.152. The molecule has 0 aromatic heterocycles. The number of hydrogen-bond donors (Lipinski definition) is 1. The van der Waals surface area contributed by atoms with Gasteiger partial charge < -0.3 is 24.6 Å². The highest BCUT2D eigenvalue weighted by molar-refractivity contribution is 5.80. The maximum Gasteiger partial charge on any atom is 0.410 e. The molecule has 1 N–H and O–H groups in total. The minimum atomic E-state index is -0.463. The van der Waals surface area contributed by atoms with E-state index < -0.39 is 5.60 Å². The summed E-state index contributed by atoms with van der Waals surface area (Å²) in [5.74, 6) is 0.938. The van der Waals surface area contributed by atoms with E-state index in [1.54, 1.807) is 0 Å². The van der Waals surface area contributed by atoms with Gasteiger partial charge in [0.25, 0.3) is 0 Å². The van der Waals surface area contributed by atoms with Crippen LogP contribution in [0.1, 0.15) is 52.9 Å². The Labute approximate surface area is 163 Å². The largest absolute Gasteiger partial charge is 0.444 e. The average Bonchev–Trinajstić information content (AvgIpc) is 3.25. The number of rotatable bonds is 2. The Bertz CT molecular complexity index is 552. The molecule has 0 bridgehead atoms. The molecule has 1 amide bonds. The van der Waals surface area contributed by atoms with Gasteiger partial charge in [0.05, 0.1) is 12.6 Å². The third-order valence-corrected chi connectivity index (χ3v) is 5.89. The van der Waals surface area contributed by atoms with E-state index in [0.717, 1.165) is 64.5 Å². The van der Waals surface area contributed by atoms with Gasteiger partial charge in [-0.2, -0.15) is 0 Å². The molecule has 3 aliphatic heterocycles. The van der Waals surface area contributed by atoms with Gasteiger partial charge in [-0.3, -0.25) is 4.99 Å². The van der Waals surface area contributed by atoms with Crippen LogP contribution in [0.25, 0.3) is 0 Å². The average molecular weight is 381 g/mol. The molecule has 7 nitrogen and oxygen atoms in total. The summed E-state index contributed by atoms with van der Waals surface area (Å²) in [4.78, 5) is 21.3. The standard InChI is InChI=1S/C20H36N4O3/c1-19(2,3)27-18(25)24-10-6-5-7-16(24)13-22-17(21-4)23-11-8-20(14-23)9-12-26-15-20/h16H,5-15H2,1-4H3,(H,21,22). The smallest absolute Gasteiger partial charge is 0.410 e. The van der Waals surface area contributed by atoms with Gasteiger partial charge in [-0.05, 0) is 52.9 Å². The van der Waals surface area contributed by atoms with E-state index in [4.69, 9.17) is 9.47 Å². The molecule has 0 radical (unpaired) electrons. The second-order valence-corrected chi connectivity index (χ2v) is 9.23. The van der Waals surface area contributed by atoms with Gasteiger partial charge in [0, 0.05) is 45.2 Å². The molecule has 3 aliphatic rings. The van der Waals surface area contributed by atoms with Crippen molar-refractivity contribution in [3.63, 3.8) is 0 Å². The van der Waals surface area contributed by atoms with Crippen molar-refractivity contribution in [3.05, 3.63) is 0 Å². The number of hydrogen-bond acceptors (Lipinski definition) is 4. The highest BCUT2D eigenvalue weighted by Crippen LogP contribution is 2.38. The minimum absolute atomic E-state index is 0.150. The fourth-order valence-electron chi connectivity index (χ4n) is 4.40. The molecule has 3 rings (SSSR count).